The van der Waals surface area contributed by atoms with E-state index in [1.165, 1.54) is 5.57 Å². The lowest BCUT2D eigenvalue weighted by atomic mass is 9.33. The van der Waals surface area contributed by atoms with Crippen molar-refractivity contribution in [3.05, 3.63) is 11.6 Å². The number of allylic oxidation sites excluding steroid dienone is 2. The average Bonchev–Trinajstić information content (AvgIpc) is 2.76. The molecule has 0 aliphatic heterocycles. The predicted octanol–water partition coefficient (Wildman–Crippen LogP) is 6.21. The Labute approximate surface area is 206 Å². The van der Waals surface area contributed by atoms with Crippen molar-refractivity contribution in [3.8, 4) is 0 Å². The van der Waals surface area contributed by atoms with Gasteiger partial charge in [0.15, 0.2) is 0 Å². The van der Waals surface area contributed by atoms with E-state index < -0.39 is 22.9 Å². The number of aliphatic hydroxyl groups is 2. The second-order valence-electron chi connectivity index (χ2n) is 14.9. The van der Waals surface area contributed by atoms with Crippen molar-refractivity contribution in [1.29, 1.82) is 0 Å². The van der Waals surface area contributed by atoms with Crippen LogP contribution in [0.5, 0.6) is 0 Å². The molecule has 0 aromatic heterocycles. The molecule has 5 rings (SSSR count). The normalized spacial score (nSPS) is 54.1. The summed E-state index contributed by atoms with van der Waals surface area (Å²) in [5, 5.41) is 31.8. The minimum atomic E-state index is -0.588. The van der Waals surface area contributed by atoms with Crippen molar-refractivity contribution in [2.24, 2.45) is 50.2 Å². The van der Waals surface area contributed by atoms with E-state index in [0.717, 1.165) is 64.2 Å². The third-order valence-corrected chi connectivity index (χ3v) is 13.2. The zero-order chi connectivity index (χ0) is 24.9. The summed E-state index contributed by atoms with van der Waals surface area (Å²) in [6.45, 7) is 14.3. The van der Waals surface area contributed by atoms with E-state index in [1.807, 2.05) is 0 Å². The number of aliphatic hydroxyl groups excluding tert-OH is 2. The summed E-state index contributed by atoms with van der Waals surface area (Å²) < 4.78 is 0. The monoisotopic (exact) mass is 472 g/mol. The lowest BCUT2D eigenvalue weighted by Gasteiger charge is -2.71. The molecule has 4 saturated carbocycles. The molecule has 0 unspecified atom stereocenters. The molecule has 5 aliphatic rings. The average molecular weight is 473 g/mol. The maximum atomic E-state index is 12.8. The molecule has 0 spiro atoms. The van der Waals surface area contributed by atoms with Crippen LogP contribution in [0.2, 0.25) is 0 Å². The van der Waals surface area contributed by atoms with Gasteiger partial charge in [-0.1, -0.05) is 53.2 Å². The summed E-state index contributed by atoms with van der Waals surface area (Å²) in [5.41, 5.74) is 0.858. The summed E-state index contributed by atoms with van der Waals surface area (Å²) in [5.74, 6) is 0.395. The number of carboxylic acids is 1. The second-order valence-corrected chi connectivity index (χ2v) is 14.9. The van der Waals surface area contributed by atoms with Crippen LogP contribution in [-0.2, 0) is 4.79 Å². The number of carboxylic acid groups (broad SMARTS) is 1. The van der Waals surface area contributed by atoms with Crippen LogP contribution in [0.4, 0.5) is 0 Å². The molecule has 4 heteroatoms. The third kappa shape index (κ3) is 2.88. The van der Waals surface area contributed by atoms with Crippen LogP contribution in [0.1, 0.15) is 106 Å². The molecular formula is C30H48O4. The molecule has 5 aliphatic carbocycles. The highest BCUT2D eigenvalue weighted by molar-refractivity contribution is 5.76. The van der Waals surface area contributed by atoms with Crippen molar-refractivity contribution in [3.63, 3.8) is 0 Å². The largest absolute Gasteiger partial charge is 0.481 e. The van der Waals surface area contributed by atoms with Crippen molar-refractivity contribution in [2.45, 2.75) is 112 Å². The molecule has 4 nitrogen and oxygen atoms in total. The van der Waals surface area contributed by atoms with Crippen LogP contribution in [0.25, 0.3) is 0 Å². The highest BCUT2D eigenvalue weighted by Gasteiger charge is 2.69. The maximum Gasteiger partial charge on any atom is 0.310 e. The maximum absolute atomic E-state index is 12.8. The van der Waals surface area contributed by atoms with E-state index in [1.54, 1.807) is 0 Å². The fraction of sp³-hybridized carbons (Fsp3) is 0.900. The van der Waals surface area contributed by atoms with E-state index in [-0.39, 0.29) is 34.2 Å². The Kier molecular flexibility index (Phi) is 5.36. The van der Waals surface area contributed by atoms with Crippen LogP contribution in [0, 0.1) is 50.2 Å². The smallest absolute Gasteiger partial charge is 0.310 e. The Balaban J connectivity index is 1.60. The van der Waals surface area contributed by atoms with Gasteiger partial charge in [0.25, 0.3) is 0 Å². The summed E-state index contributed by atoms with van der Waals surface area (Å²) in [6.07, 6.45) is 11.6. The molecule has 0 radical (unpaired) electrons. The van der Waals surface area contributed by atoms with Gasteiger partial charge in [-0.2, -0.15) is 0 Å². The molecule has 0 bridgehead atoms. The Morgan fingerprint density at radius 2 is 1.62 bits per heavy atom. The SMILES string of the molecule is CC1(C)CC[C@]2(C(=O)O)CC[C@@]3(C)C(=CC[C@@H]4[C@]5(C)CC[C@H](O)[C@@](C)(CO)[C@@H]5CC[C@@]43C)[C@@H]2C1. The molecule has 0 saturated heterocycles. The minimum Gasteiger partial charge on any atom is -0.481 e. The number of hydrogen-bond acceptors (Lipinski definition) is 3. The fourth-order valence-corrected chi connectivity index (χ4v) is 10.7. The van der Waals surface area contributed by atoms with Gasteiger partial charge in [-0.3, -0.25) is 4.79 Å². The second kappa shape index (κ2) is 7.34. The van der Waals surface area contributed by atoms with Gasteiger partial charge < -0.3 is 15.3 Å². The summed E-state index contributed by atoms with van der Waals surface area (Å²) in [4.78, 5) is 12.8. The zero-order valence-electron chi connectivity index (χ0n) is 22.4. The van der Waals surface area contributed by atoms with E-state index in [0.29, 0.717) is 11.8 Å². The summed E-state index contributed by atoms with van der Waals surface area (Å²) in [6, 6.07) is 0. The van der Waals surface area contributed by atoms with Gasteiger partial charge in [0.2, 0.25) is 0 Å². The van der Waals surface area contributed by atoms with E-state index >= 15 is 0 Å². The van der Waals surface area contributed by atoms with Gasteiger partial charge in [-0.15, -0.1) is 0 Å². The lowest BCUT2D eigenvalue weighted by Crippen LogP contribution is -2.65. The molecule has 34 heavy (non-hydrogen) atoms. The summed E-state index contributed by atoms with van der Waals surface area (Å²) in [7, 11) is 0. The Hall–Kier alpha value is -0.870. The first-order valence-electron chi connectivity index (χ1n) is 13.9. The van der Waals surface area contributed by atoms with Gasteiger partial charge >= 0.3 is 5.97 Å². The molecular weight excluding hydrogens is 424 g/mol. The van der Waals surface area contributed by atoms with Crippen molar-refractivity contribution in [1.82, 2.24) is 0 Å². The standard InChI is InChI=1S/C30H48O4/c1-25(2)13-15-30(24(33)34)16-14-28(5)19(20(30)17-25)7-8-22-26(3)11-10-23(32)27(4,18-31)21(26)9-12-29(22,28)6/h7,20-23,31-32H,8-18H2,1-6H3,(H,33,34)/t20-,21+,22+,23-,26+,27-,28-,29-,30-/m0/s1. The van der Waals surface area contributed by atoms with Gasteiger partial charge in [-0.25, -0.2) is 0 Å². The molecule has 9 atom stereocenters. The first-order valence-corrected chi connectivity index (χ1v) is 13.9. The Morgan fingerprint density at radius 1 is 0.941 bits per heavy atom. The first kappa shape index (κ1) is 24.8. The van der Waals surface area contributed by atoms with Gasteiger partial charge in [-0.05, 0) is 104 Å². The van der Waals surface area contributed by atoms with Crippen LogP contribution in [0.15, 0.2) is 11.6 Å². The summed E-state index contributed by atoms with van der Waals surface area (Å²) >= 11 is 0. The van der Waals surface area contributed by atoms with Crippen LogP contribution in [0.3, 0.4) is 0 Å². The van der Waals surface area contributed by atoms with Gasteiger partial charge in [0.1, 0.15) is 0 Å². The zero-order valence-corrected chi connectivity index (χ0v) is 22.4. The molecule has 0 aromatic carbocycles. The Morgan fingerprint density at radius 3 is 2.26 bits per heavy atom. The molecule has 0 heterocycles. The first-order chi connectivity index (χ1) is 15.7. The van der Waals surface area contributed by atoms with Crippen molar-refractivity contribution < 1.29 is 20.1 Å². The molecule has 192 valence electrons. The Bertz CT molecular complexity index is 907. The van der Waals surface area contributed by atoms with Gasteiger partial charge in [0.05, 0.1) is 18.1 Å². The molecule has 0 amide bonds. The third-order valence-electron chi connectivity index (χ3n) is 13.2. The quantitative estimate of drug-likeness (QED) is 0.418. The minimum absolute atomic E-state index is 0.0204. The van der Waals surface area contributed by atoms with Gasteiger partial charge in [0, 0.05) is 5.41 Å². The van der Waals surface area contributed by atoms with E-state index in [9.17, 15) is 20.1 Å². The fourth-order valence-electron chi connectivity index (χ4n) is 10.7. The highest BCUT2D eigenvalue weighted by atomic mass is 16.4. The van der Waals surface area contributed by atoms with Crippen LogP contribution in [-0.4, -0.2) is 34.0 Å². The predicted molar refractivity (Wildman–Crippen MR) is 134 cm³/mol. The van der Waals surface area contributed by atoms with Crippen molar-refractivity contribution in [2.75, 3.05) is 6.61 Å². The number of rotatable bonds is 2. The molecule has 3 N–H and O–H groups in total. The number of fused-ring (bicyclic) bond motifs is 7. The van der Waals surface area contributed by atoms with E-state index in [4.69, 9.17) is 0 Å². The van der Waals surface area contributed by atoms with Crippen molar-refractivity contribution >= 4 is 5.97 Å². The highest BCUT2D eigenvalue weighted by Crippen LogP contribution is 2.75. The number of aliphatic carboxylic acids is 1. The number of carbonyl (C=O) groups is 1. The van der Waals surface area contributed by atoms with E-state index in [2.05, 4.69) is 47.6 Å². The topological polar surface area (TPSA) is 77.8 Å². The van der Waals surface area contributed by atoms with Crippen LogP contribution < -0.4 is 0 Å². The van der Waals surface area contributed by atoms with Crippen LogP contribution >= 0.6 is 0 Å². The molecule has 4 fully saturated rings. The lowest BCUT2D eigenvalue weighted by molar-refractivity contribution is -0.216. The number of hydrogen-bond donors (Lipinski definition) is 3. The molecule has 0 aromatic rings.